The number of anilines is 1. The molecule has 0 saturated carbocycles. The van der Waals surface area contributed by atoms with Crippen LogP contribution < -0.4 is 4.90 Å². The van der Waals surface area contributed by atoms with Crippen LogP contribution in [-0.4, -0.2) is 30.4 Å². The lowest BCUT2D eigenvalue weighted by Crippen LogP contribution is -2.28. The van der Waals surface area contributed by atoms with Gasteiger partial charge < -0.3 is 9.80 Å². The van der Waals surface area contributed by atoms with E-state index in [1.807, 2.05) is 17.0 Å². The number of fused-ring (bicyclic) bond motifs is 1. The van der Waals surface area contributed by atoms with Crippen molar-refractivity contribution in [1.82, 2.24) is 4.90 Å². The number of hydrogen-bond donors (Lipinski definition) is 0. The first-order chi connectivity index (χ1) is 12.7. The van der Waals surface area contributed by atoms with E-state index in [9.17, 15) is 4.79 Å². The third kappa shape index (κ3) is 3.32. The minimum Gasteiger partial charge on any atom is -0.366 e. The number of amides is 1. The van der Waals surface area contributed by atoms with E-state index < -0.39 is 0 Å². The Morgan fingerprint density at radius 2 is 1.88 bits per heavy atom. The third-order valence-electron chi connectivity index (χ3n) is 5.57. The maximum absolute atomic E-state index is 11.9. The first-order valence-corrected chi connectivity index (χ1v) is 9.42. The zero-order valence-corrected chi connectivity index (χ0v) is 15.0. The second-order valence-corrected chi connectivity index (χ2v) is 7.25. The molecule has 0 bridgehead atoms. The molecule has 0 spiro atoms. The van der Waals surface area contributed by atoms with Crippen molar-refractivity contribution < 1.29 is 4.79 Å². The number of hydrogen-bond acceptors (Lipinski definition) is 2. The number of para-hydroxylation sites is 1. The van der Waals surface area contributed by atoms with Crippen molar-refractivity contribution in [2.45, 2.75) is 31.7 Å². The maximum atomic E-state index is 11.9. The maximum Gasteiger partial charge on any atom is 0.222 e. The van der Waals surface area contributed by atoms with Crippen LogP contribution in [0.2, 0.25) is 0 Å². The standard InChI is InChI=1S/C23H24N2O/c1-2-18-9-11-19(12-10-18)16-25-17-20(21-6-3-4-7-22(21)25)13-15-24-14-5-8-23(24)26/h1,3-4,6-7,9-12,20H,5,8,13-17H2/t20-/m0/s1. The molecule has 2 aromatic rings. The lowest BCUT2D eigenvalue weighted by Gasteiger charge is -2.21. The molecule has 1 saturated heterocycles. The van der Waals surface area contributed by atoms with E-state index in [-0.39, 0.29) is 0 Å². The van der Waals surface area contributed by atoms with Gasteiger partial charge in [0.1, 0.15) is 0 Å². The van der Waals surface area contributed by atoms with Crippen LogP contribution in [-0.2, 0) is 11.3 Å². The van der Waals surface area contributed by atoms with Crippen LogP contribution in [0.5, 0.6) is 0 Å². The van der Waals surface area contributed by atoms with E-state index in [0.717, 1.165) is 51.0 Å². The zero-order valence-electron chi connectivity index (χ0n) is 15.0. The lowest BCUT2D eigenvalue weighted by molar-refractivity contribution is -0.127. The molecule has 2 heterocycles. The van der Waals surface area contributed by atoms with Gasteiger partial charge in [-0.15, -0.1) is 6.42 Å². The molecule has 0 aromatic heterocycles. The first-order valence-electron chi connectivity index (χ1n) is 9.42. The topological polar surface area (TPSA) is 23.6 Å². The Morgan fingerprint density at radius 3 is 2.62 bits per heavy atom. The Balaban J connectivity index is 1.47. The minimum absolute atomic E-state index is 0.321. The van der Waals surface area contributed by atoms with Gasteiger partial charge in [0.15, 0.2) is 0 Å². The number of rotatable bonds is 5. The fourth-order valence-electron chi connectivity index (χ4n) is 4.16. The molecule has 1 amide bonds. The molecule has 132 valence electrons. The molecule has 0 N–H and O–H groups in total. The highest BCUT2D eigenvalue weighted by Gasteiger charge is 2.29. The molecule has 3 nitrogen and oxygen atoms in total. The van der Waals surface area contributed by atoms with Gasteiger partial charge in [0.25, 0.3) is 0 Å². The third-order valence-corrected chi connectivity index (χ3v) is 5.57. The Kier molecular flexibility index (Phi) is 4.67. The molecule has 1 fully saturated rings. The van der Waals surface area contributed by atoms with Crippen molar-refractivity contribution in [2.24, 2.45) is 0 Å². The number of carbonyl (C=O) groups is 1. The van der Waals surface area contributed by atoms with Gasteiger partial charge in [0, 0.05) is 49.8 Å². The molecule has 2 aliphatic heterocycles. The highest BCUT2D eigenvalue weighted by atomic mass is 16.2. The van der Waals surface area contributed by atoms with Gasteiger partial charge in [-0.3, -0.25) is 4.79 Å². The number of nitrogens with zero attached hydrogens (tertiary/aromatic N) is 2. The van der Waals surface area contributed by atoms with Gasteiger partial charge in [-0.1, -0.05) is 36.3 Å². The Labute approximate surface area is 155 Å². The van der Waals surface area contributed by atoms with Gasteiger partial charge in [-0.05, 0) is 42.2 Å². The predicted octanol–water partition coefficient (Wildman–Crippen LogP) is 3.78. The van der Waals surface area contributed by atoms with E-state index in [0.29, 0.717) is 11.8 Å². The van der Waals surface area contributed by atoms with Crippen LogP contribution in [0, 0.1) is 12.3 Å². The molecule has 0 radical (unpaired) electrons. The lowest BCUT2D eigenvalue weighted by atomic mass is 9.98. The predicted molar refractivity (Wildman–Crippen MR) is 105 cm³/mol. The molecule has 26 heavy (non-hydrogen) atoms. The summed E-state index contributed by atoms with van der Waals surface area (Å²) < 4.78 is 0. The zero-order chi connectivity index (χ0) is 17.9. The summed E-state index contributed by atoms with van der Waals surface area (Å²) in [6.45, 7) is 3.71. The molecule has 0 aliphatic carbocycles. The second-order valence-electron chi connectivity index (χ2n) is 7.25. The summed E-state index contributed by atoms with van der Waals surface area (Å²) in [7, 11) is 0. The number of carbonyl (C=O) groups excluding carboxylic acids is 1. The van der Waals surface area contributed by atoms with Crippen molar-refractivity contribution >= 4 is 11.6 Å². The monoisotopic (exact) mass is 344 g/mol. The Bertz CT molecular complexity index is 834. The molecular weight excluding hydrogens is 320 g/mol. The average Bonchev–Trinajstić information content (AvgIpc) is 3.24. The van der Waals surface area contributed by atoms with E-state index in [1.165, 1.54) is 16.8 Å². The van der Waals surface area contributed by atoms with E-state index in [4.69, 9.17) is 6.42 Å². The van der Waals surface area contributed by atoms with Crippen molar-refractivity contribution in [1.29, 1.82) is 0 Å². The molecule has 4 rings (SSSR count). The van der Waals surface area contributed by atoms with Crippen molar-refractivity contribution in [3.8, 4) is 12.3 Å². The SMILES string of the molecule is C#Cc1ccc(CN2C[C@H](CCN3CCCC3=O)c3ccccc32)cc1. The number of terminal acetylenes is 1. The van der Waals surface area contributed by atoms with Crippen molar-refractivity contribution in [2.75, 3.05) is 24.5 Å². The summed E-state index contributed by atoms with van der Waals surface area (Å²) in [5, 5.41) is 0. The van der Waals surface area contributed by atoms with Crippen LogP contribution in [0.4, 0.5) is 5.69 Å². The van der Waals surface area contributed by atoms with Crippen molar-refractivity contribution in [3.05, 3.63) is 65.2 Å². The van der Waals surface area contributed by atoms with Gasteiger partial charge in [-0.25, -0.2) is 0 Å². The summed E-state index contributed by atoms with van der Waals surface area (Å²) in [6.07, 6.45) is 8.23. The van der Waals surface area contributed by atoms with Crippen LogP contribution in [0.1, 0.15) is 41.9 Å². The Hall–Kier alpha value is -2.73. The fraction of sp³-hybridized carbons (Fsp3) is 0.348. The van der Waals surface area contributed by atoms with E-state index in [2.05, 4.69) is 47.2 Å². The summed E-state index contributed by atoms with van der Waals surface area (Å²) >= 11 is 0. The highest BCUT2D eigenvalue weighted by Crippen LogP contribution is 2.39. The van der Waals surface area contributed by atoms with E-state index in [1.54, 1.807) is 0 Å². The molecule has 2 aliphatic rings. The summed E-state index contributed by atoms with van der Waals surface area (Å²) in [4.78, 5) is 16.4. The van der Waals surface area contributed by atoms with Gasteiger partial charge >= 0.3 is 0 Å². The number of likely N-dealkylation sites (tertiary alicyclic amines) is 1. The summed E-state index contributed by atoms with van der Waals surface area (Å²) in [5.41, 5.74) is 4.93. The van der Waals surface area contributed by atoms with Crippen LogP contribution >= 0.6 is 0 Å². The van der Waals surface area contributed by atoms with Crippen LogP contribution in [0.25, 0.3) is 0 Å². The second kappa shape index (κ2) is 7.25. The Morgan fingerprint density at radius 1 is 1.08 bits per heavy atom. The van der Waals surface area contributed by atoms with Crippen LogP contribution in [0.3, 0.4) is 0 Å². The molecule has 2 aromatic carbocycles. The van der Waals surface area contributed by atoms with Gasteiger partial charge in [0.05, 0.1) is 0 Å². The quantitative estimate of drug-likeness (QED) is 0.771. The molecule has 3 heteroatoms. The van der Waals surface area contributed by atoms with Crippen molar-refractivity contribution in [3.63, 3.8) is 0 Å². The normalized spacial score (nSPS) is 18.9. The molecular formula is C23H24N2O. The van der Waals surface area contributed by atoms with Gasteiger partial charge in [-0.2, -0.15) is 0 Å². The molecule has 0 unspecified atom stereocenters. The van der Waals surface area contributed by atoms with E-state index >= 15 is 0 Å². The van der Waals surface area contributed by atoms with Gasteiger partial charge in [0.2, 0.25) is 5.91 Å². The van der Waals surface area contributed by atoms with Crippen LogP contribution in [0.15, 0.2) is 48.5 Å². The fourth-order valence-corrected chi connectivity index (χ4v) is 4.16. The summed E-state index contributed by atoms with van der Waals surface area (Å²) in [5.74, 6) is 3.48. The smallest absolute Gasteiger partial charge is 0.222 e. The number of benzene rings is 2. The summed E-state index contributed by atoms with van der Waals surface area (Å²) in [6, 6.07) is 16.9. The first kappa shape index (κ1) is 16.7. The molecule has 1 atom stereocenters. The highest BCUT2D eigenvalue weighted by molar-refractivity contribution is 5.78. The largest absolute Gasteiger partial charge is 0.366 e. The minimum atomic E-state index is 0.321. The average molecular weight is 344 g/mol.